The molecule has 0 aliphatic heterocycles. The summed E-state index contributed by atoms with van der Waals surface area (Å²) in [7, 11) is 0. The monoisotopic (exact) mass is 352 g/mol. The van der Waals surface area contributed by atoms with Gasteiger partial charge >= 0.3 is 0 Å². The van der Waals surface area contributed by atoms with Crippen LogP contribution in [0.25, 0.3) is 0 Å². The summed E-state index contributed by atoms with van der Waals surface area (Å²) in [4.78, 5) is 0. The van der Waals surface area contributed by atoms with E-state index in [0.29, 0.717) is 20.7 Å². The summed E-state index contributed by atoms with van der Waals surface area (Å²) in [6.45, 7) is 1.93. The van der Waals surface area contributed by atoms with Crippen molar-refractivity contribution in [1.82, 2.24) is 0 Å². The molecule has 2 nitrogen and oxygen atoms in total. The van der Waals surface area contributed by atoms with E-state index in [2.05, 4.69) is 27.3 Å². The van der Waals surface area contributed by atoms with Crippen LogP contribution in [0.5, 0.6) is 0 Å². The molecule has 0 spiro atoms. The summed E-state index contributed by atoms with van der Waals surface area (Å²) >= 11 is 9.29. The molecular weight excluding hydrogens is 343 g/mol. The smallest absolute Gasteiger partial charge is 0.124 e. The first-order valence-electron chi connectivity index (χ1n) is 5.92. The Labute approximate surface area is 130 Å². The molecule has 0 aliphatic rings. The molecule has 0 aromatic heterocycles. The Bertz CT molecular complexity index is 682. The molecule has 0 bridgehead atoms. The summed E-state index contributed by atoms with van der Waals surface area (Å²) in [6.07, 6.45) is 0. The number of halogens is 3. The maximum atomic E-state index is 13.1. The van der Waals surface area contributed by atoms with Gasteiger partial charge in [-0.2, -0.15) is 5.26 Å². The first kappa shape index (κ1) is 14.8. The van der Waals surface area contributed by atoms with Gasteiger partial charge in [0.15, 0.2) is 0 Å². The van der Waals surface area contributed by atoms with E-state index < -0.39 is 0 Å². The molecule has 2 aromatic carbocycles. The van der Waals surface area contributed by atoms with Crippen molar-refractivity contribution in [2.75, 3.05) is 5.32 Å². The van der Waals surface area contributed by atoms with E-state index in [0.717, 1.165) is 5.56 Å². The minimum atomic E-state index is -0.298. The molecule has 1 unspecified atom stereocenters. The Morgan fingerprint density at radius 3 is 2.70 bits per heavy atom. The Hall–Kier alpha value is -1.57. The highest BCUT2D eigenvalue weighted by Crippen LogP contribution is 2.29. The van der Waals surface area contributed by atoms with E-state index in [1.165, 1.54) is 12.1 Å². The van der Waals surface area contributed by atoms with Crippen molar-refractivity contribution in [1.29, 1.82) is 5.26 Å². The third kappa shape index (κ3) is 3.30. The Balaban J connectivity index is 2.30. The van der Waals surface area contributed by atoms with Crippen LogP contribution in [0.15, 0.2) is 40.9 Å². The second-order valence-electron chi connectivity index (χ2n) is 4.33. The lowest BCUT2D eigenvalue weighted by molar-refractivity contribution is 0.625. The molecule has 0 aliphatic carbocycles. The van der Waals surface area contributed by atoms with Gasteiger partial charge in [-0.1, -0.05) is 33.6 Å². The highest BCUT2D eigenvalue weighted by Gasteiger charge is 2.12. The van der Waals surface area contributed by atoms with E-state index in [4.69, 9.17) is 16.9 Å². The van der Waals surface area contributed by atoms with Crippen molar-refractivity contribution in [2.45, 2.75) is 13.0 Å². The van der Waals surface area contributed by atoms with Crippen LogP contribution < -0.4 is 5.32 Å². The molecule has 1 N–H and O–H groups in total. The maximum absolute atomic E-state index is 13.1. The number of nitrogens with one attached hydrogen (secondary N) is 1. The lowest BCUT2D eigenvalue weighted by Crippen LogP contribution is -2.08. The van der Waals surface area contributed by atoms with E-state index in [9.17, 15) is 4.39 Å². The van der Waals surface area contributed by atoms with Crippen LogP contribution in [0.4, 0.5) is 10.1 Å². The third-order valence-electron chi connectivity index (χ3n) is 2.90. The van der Waals surface area contributed by atoms with Gasteiger partial charge < -0.3 is 5.32 Å². The van der Waals surface area contributed by atoms with E-state index in [-0.39, 0.29) is 11.9 Å². The predicted octanol–water partition coefficient (Wildman–Crippen LogP) is 5.29. The lowest BCUT2D eigenvalue weighted by atomic mass is 10.1. The zero-order valence-corrected chi connectivity index (χ0v) is 13.0. The summed E-state index contributed by atoms with van der Waals surface area (Å²) in [5, 5.41) is 12.9. The molecule has 102 valence electrons. The fourth-order valence-corrected chi connectivity index (χ4v) is 2.76. The minimum Gasteiger partial charge on any atom is -0.377 e. The van der Waals surface area contributed by atoms with Crippen LogP contribution in [0.3, 0.4) is 0 Å². The molecule has 2 aromatic rings. The van der Waals surface area contributed by atoms with Gasteiger partial charge in [-0.25, -0.2) is 4.39 Å². The van der Waals surface area contributed by atoms with Crippen LogP contribution in [-0.4, -0.2) is 0 Å². The average Bonchev–Trinajstić information content (AvgIpc) is 2.38. The highest BCUT2D eigenvalue weighted by atomic mass is 79.9. The van der Waals surface area contributed by atoms with Crippen molar-refractivity contribution in [3.63, 3.8) is 0 Å². The van der Waals surface area contributed by atoms with Crippen LogP contribution in [-0.2, 0) is 0 Å². The van der Waals surface area contributed by atoms with Gasteiger partial charge in [-0.3, -0.25) is 0 Å². The van der Waals surface area contributed by atoms with Gasteiger partial charge in [-0.05, 0) is 42.8 Å². The normalized spacial score (nSPS) is 11.8. The lowest BCUT2D eigenvalue weighted by Gasteiger charge is -2.18. The maximum Gasteiger partial charge on any atom is 0.124 e. The molecule has 1 atom stereocenters. The molecule has 0 amide bonds. The fraction of sp³-hybridized carbons (Fsp3) is 0.133. The van der Waals surface area contributed by atoms with Gasteiger partial charge in [0.25, 0.3) is 0 Å². The number of hydrogen-bond donors (Lipinski definition) is 1. The summed E-state index contributed by atoms with van der Waals surface area (Å²) < 4.78 is 13.8. The molecular formula is C15H11BrClFN2. The number of rotatable bonds is 3. The topological polar surface area (TPSA) is 35.8 Å². The summed E-state index contributed by atoms with van der Waals surface area (Å²) in [5.41, 5.74) is 2.07. The zero-order chi connectivity index (χ0) is 14.7. The Morgan fingerprint density at radius 1 is 1.30 bits per heavy atom. The van der Waals surface area contributed by atoms with Gasteiger partial charge in [-0.15, -0.1) is 0 Å². The van der Waals surface area contributed by atoms with Crippen molar-refractivity contribution < 1.29 is 4.39 Å². The molecule has 0 fully saturated rings. The van der Waals surface area contributed by atoms with Crippen molar-refractivity contribution in [3.8, 4) is 6.07 Å². The number of nitriles is 1. The second kappa shape index (κ2) is 6.25. The molecule has 0 radical (unpaired) electrons. The third-order valence-corrected chi connectivity index (χ3v) is 3.82. The SMILES string of the molecule is CC(Nc1cc(Cl)ccc1C#N)c1ccc(F)cc1Br. The highest BCUT2D eigenvalue weighted by molar-refractivity contribution is 9.10. The fourth-order valence-electron chi connectivity index (χ4n) is 1.90. The van der Waals surface area contributed by atoms with E-state index >= 15 is 0 Å². The Kier molecular flexibility index (Phi) is 4.64. The van der Waals surface area contributed by atoms with Crippen LogP contribution in [0, 0.1) is 17.1 Å². The number of hydrogen-bond acceptors (Lipinski definition) is 2. The van der Waals surface area contributed by atoms with E-state index in [1.54, 1.807) is 24.3 Å². The van der Waals surface area contributed by atoms with Crippen LogP contribution in [0.2, 0.25) is 5.02 Å². The van der Waals surface area contributed by atoms with Crippen molar-refractivity contribution >= 4 is 33.2 Å². The van der Waals surface area contributed by atoms with Gasteiger partial charge in [0.2, 0.25) is 0 Å². The van der Waals surface area contributed by atoms with Gasteiger partial charge in [0.1, 0.15) is 11.9 Å². The number of anilines is 1. The second-order valence-corrected chi connectivity index (χ2v) is 5.62. The summed E-state index contributed by atoms with van der Waals surface area (Å²) in [6, 6.07) is 11.6. The molecule has 0 heterocycles. The first-order valence-corrected chi connectivity index (χ1v) is 7.09. The largest absolute Gasteiger partial charge is 0.377 e. The zero-order valence-electron chi connectivity index (χ0n) is 10.6. The molecule has 20 heavy (non-hydrogen) atoms. The predicted molar refractivity (Wildman–Crippen MR) is 82.3 cm³/mol. The molecule has 0 saturated carbocycles. The number of nitrogens with zero attached hydrogens (tertiary/aromatic N) is 1. The van der Waals surface area contributed by atoms with Crippen LogP contribution in [0.1, 0.15) is 24.1 Å². The first-order chi connectivity index (χ1) is 9.51. The minimum absolute atomic E-state index is 0.101. The van der Waals surface area contributed by atoms with Crippen molar-refractivity contribution in [3.05, 3.63) is 62.8 Å². The van der Waals surface area contributed by atoms with Crippen molar-refractivity contribution in [2.24, 2.45) is 0 Å². The summed E-state index contributed by atoms with van der Waals surface area (Å²) in [5.74, 6) is -0.298. The quantitative estimate of drug-likeness (QED) is 0.814. The van der Waals surface area contributed by atoms with Gasteiger partial charge in [0.05, 0.1) is 11.3 Å². The Morgan fingerprint density at radius 2 is 2.05 bits per heavy atom. The molecule has 5 heteroatoms. The van der Waals surface area contributed by atoms with E-state index in [1.807, 2.05) is 6.92 Å². The molecule has 2 rings (SSSR count). The van der Waals surface area contributed by atoms with Crippen LogP contribution >= 0.6 is 27.5 Å². The standard InChI is InChI=1S/C15H11BrClFN2/c1-9(13-5-4-12(18)7-14(13)16)20-15-6-11(17)3-2-10(15)8-19/h2-7,9,20H,1H3. The molecule has 0 saturated heterocycles. The average molecular weight is 354 g/mol. The number of benzene rings is 2. The van der Waals surface area contributed by atoms with Gasteiger partial charge in [0, 0.05) is 15.5 Å².